The number of benzene rings is 2. The molecule has 112 valence electrons. The van der Waals surface area contributed by atoms with Crippen LogP contribution in [0.15, 0.2) is 48.7 Å². The van der Waals surface area contributed by atoms with Crippen LogP contribution in [0, 0.1) is 0 Å². The fourth-order valence-corrected chi connectivity index (χ4v) is 2.67. The van der Waals surface area contributed by atoms with Gasteiger partial charge in [0.25, 0.3) is 0 Å². The van der Waals surface area contributed by atoms with Crippen LogP contribution in [-0.4, -0.2) is 25.9 Å². The molecule has 0 atom stereocenters. The number of fused-ring (bicyclic) bond motifs is 1. The van der Waals surface area contributed by atoms with Crippen LogP contribution in [0.5, 0.6) is 11.5 Å². The molecule has 1 heterocycles. The topological polar surface area (TPSA) is 82.7 Å². The Morgan fingerprint density at radius 1 is 0.955 bits per heavy atom. The molecule has 0 fully saturated rings. The summed E-state index contributed by atoms with van der Waals surface area (Å²) in [6, 6.07) is 12.1. The highest BCUT2D eigenvalue weighted by molar-refractivity contribution is 5.92. The molecule has 3 aromatic rings. The van der Waals surface area contributed by atoms with E-state index >= 15 is 0 Å². The number of hydrogen-bond acceptors (Lipinski definition) is 3. The summed E-state index contributed by atoms with van der Waals surface area (Å²) >= 11 is 0. The number of hydrogen-bond donors (Lipinski definition) is 3. The van der Waals surface area contributed by atoms with Crippen LogP contribution >= 0.6 is 0 Å². The molecule has 0 aliphatic rings. The molecular formula is C17H15NO4. The fraction of sp³-hybridized carbons (Fsp3) is 0.118. The largest absolute Gasteiger partial charge is 0.508 e. The van der Waals surface area contributed by atoms with Crippen LogP contribution in [0.2, 0.25) is 0 Å². The number of carboxylic acids is 1. The van der Waals surface area contributed by atoms with Gasteiger partial charge in [-0.2, -0.15) is 0 Å². The predicted octanol–water partition coefficient (Wildman–Crippen LogP) is 2.73. The summed E-state index contributed by atoms with van der Waals surface area (Å²) in [5.74, 6) is -0.709. The van der Waals surface area contributed by atoms with Gasteiger partial charge in [-0.15, -0.1) is 0 Å². The number of carboxylic acid groups (broad SMARTS) is 1. The zero-order chi connectivity index (χ0) is 15.7. The third kappa shape index (κ3) is 2.48. The van der Waals surface area contributed by atoms with E-state index in [4.69, 9.17) is 5.11 Å². The summed E-state index contributed by atoms with van der Waals surface area (Å²) in [7, 11) is 0. The van der Waals surface area contributed by atoms with E-state index in [-0.39, 0.29) is 17.9 Å². The van der Waals surface area contributed by atoms with Crippen LogP contribution in [0.4, 0.5) is 0 Å². The van der Waals surface area contributed by atoms with E-state index in [1.165, 1.54) is 6.07 Å². The Kier molecular flexibility index (Phi) is 3.47. The van der Waals surface area contributed by atoms with Crippen LogP contribution in [0.3, 0.4) is 0 Å². The SMILES string of the molecule is O=C(O)Cc1cn(Cc2ccccc2O)c2cccc(O)c12. The zero-order valence-corrected chi connectivity index (χ0v) is 11.7. The number of aromatic nitrogens is 1. The number of rotatable bonds is 4. The number of nitrogens with zero attached hydrogens (tertiary/aromatic N) is 1. The van der Waals surface area contributed by atoms with Gasteiger partial charge >= 0.3 is 5.97 Å². The summed E-state index contributed by atoms with van der Waals surface area (Å²) in [4.78, 5) is 11.0. The highest BCUT2D eigenvalue weighted by Gasteiger charge is 2.15. The van der Waals surface area contributed by atoms with Crippen molar-refractivity contribution in [3.05, 3.63) is 59.8 Å². The molecular weight excluding hydrogens is 282 g/mol. The lowest BCUT2D eigenvalue weighted by Crippen LogP contribution is -2.00. The number of aromatic hydroxyl groups is 2. The van der Waals surface area contributed by atoms with E-state index in [2.05, 4.69) is 0 Å². The van der Waals surface area contributed by atoms with Gasteiger partial charge in [-0.3, -0.25) is 4.79 Å². The molecule has 0 bridgehead atoms. The van der Waals surface area contributed by atoms with Crippen molar-refractivity contribution in [2.45, 2.75) is 13.0 Å². The van der Waals surface area contributed by atoms with E-state index in [0.717, 1.165) is 11.1 Å². The average molecular weight is 297 g/mol. The third-order valence-corrected chi connectivity index (χ3v) is 3.64. The molecule has 0 amide bonds. The smallest absolute Gasteiger partial charge is 0.307 e. The Morgan fingerprint density at radius 2 is 1.68 bits per heavy atom. The van der Waals surface area contributed by atoms with Crippen LogP contribution < -0.4 is 0 Å². The van der Waals surface area contributed by atoms with Crippen molar-refractivity contribution in [3.8, 4) is 11.5 Å². The summed E-state index contributed by atoms with van der Waals surface area (Å²) in [5, 5.41) is 29.5. The molecule has 5 heteroatoms. The summed E-state index contributed by atoms with van der Waals surface area (Å²) in [6.45, 7) is 0.395. The molecule has 3 N–H and O–H groups in total. The molecule has 0 radical (unpaired) electrons. The van der Waals surface area contributed by atoms with Gasteiger partial charge in [0.05, 0.1) is 18.5 Å². The average Bonchev–Trinajstić information content (AvgIpc) is 2.80. The van der Waals surface area contributed by atoms with Crippen molar-refractivity contribution in [2.75, 3.05) is 0 Å². The molecule has 2 aromatic carbocycles. The Labute approximate surface area is 126 Å². The Morgan fingerprint density at radius 3 is 2.41 bits per heavy atom. The molecule has 5 nitrogen and oxygen atoms in total. The number of phenolic OH excluding ortho intramolecular Hbond substituents is 2. The van der Waals surface area contributed by atoms with Gasteiger partial charge in [-0.05, 0) is 23.8 Å². The minimum Gasteiger partial charge on any atom is -0.508 e. The summed E-state index contributed by atoms with van der Waals surface area (Å²) in [6.07, 6.45) is 1.55. The maximum absolute atomic E-state index is 11.0. The first-order valence-electron chi connectivity index (χ1n) is 6.84. The van der Waals surface area contributed by atoms with Gasteiger partial charge in [0.1, 0.15) is 11.5 Å². The van der Waals surface area contributed by atoms with Gasteiger partial charge in [-0.25, -0.2) is 0 Å². The molecule has 22 heavy (non-hydrogen) atoms. The van der Waals surface area contributed by atoms with Gasteiger partial charge in [0.2, 0.25) is 0 Å². The second kappa shape index (κ2) is 5.44. The Balaban J connectivity index is 2.12. The van der Waals surface area contributed by atoms with Crippen molar-refractivity contribution in [1.82, 2.24) is 4.57 Å². The predicted molar refractivity (Wildman–Crippen MR) is 82.2 cm³/mol. The molecule has 1 aromatic heterocycles. The van der Waals surface area contributed by atoms with Crippen molar-refractivity contribution >= 4 is 16.9 Å². The third-order valence-electron chi connectivity index (χ3n) is 3.64. The monoisotopic (exact) mass is 297 g/mol. The molecule has 0 saturated carbocycles. The van der Waals surface area contributed by atoms with Gasteiger partial charge in [0.15, 0.2) is 0 Å². The number of carbonyl (C=O) groups is 1. The molecule has 0 unspecified atom stereocenters. The van der Waals surface area contributed by atoms with E-state index in [0.29, 0.717) is 17.5 Å². The van der Waals surface area contributed by atoms with Gasteiger partial charge in [-0.1, -0.05) is 24.3 Å². The lowest BCUT2D eigenvalue weighted by Gasteiger charge is -2.07. The van der Waals surface area contributed by atoms with Crippen molar-refractivity contribution in [1.29, 1.82) is 0 Å². The minimum atomic E-state index is -0.954. The molecule has 0 aliphatic carbocycles. The van der Waals surface area contributed by atoms with Crippen LogP contribution in [0.25, 0.3) is 10.9 Å². The normalized spacial score (nSPS) is 10.9. The lowest BCUT2D eigenvalue weighted by molar-refractivity contribution is -0.136. The number of para-hydroxylation sites is 1. The molecule has 0 aliphatic heterocycles. The van der Waals surface area contributed by atoms with Crippen molar-refractivity contribution in [2.24, 2.45) is 0 Å². The minimum absolute atomic E-state index is 0.0600. The first kappa shape index (κ1) is 14.0. The first-order valence-corrected chi connectivity index (χ1v) is 6.84. The van der Waals surface area contributed by atoms with Gasteiger partial charge < -0.3 is 19.9 Å². The number of aliphatic carboxylic acids is 1. The molecule has 0 saturated heterocycles. The van der Waals surface area contributed by atoms with Crippen molar-refractivity contribution in [3.63, 3.8) is 0 Å². The maximum atomic E-state index is 11.0. The summed E-state index contributed by atoms with van der Waals surface area (Å²) < 4.78 is 1.84. The van der Waals surface area contributed by atoms with E-state index in [9.17, 15) is 15.0 Å². The first-order chi connectivity index (χ1) is 10.6. The summed E-state index contributed by atoms with van der Waals surface area (Å²) in [5.41, 5.74) is 2.01. The van der Waals surface area contributed by atoms with Crippen LogP contribution in [0.1, 0.15) is 11.1 Å². The molecule has 3 rings (SSSR count). The lowest BCUT2D eigenvalue weighted by atomic mass is 10.1. The maximum Gasteiger partial charge on any atom is 0.307 e. The number of phenols is 2. The zero-order valence-electron chi connectivity index (χ0n) is 11.7. The Hall–Kier alpha value is -2.95. The quantitative estimate of drug-likeness (QED) is 0.691. The van der Waals surface area contributed by atoms with Crippen molar-refractivity contribution < 1.29 is 20.1 Å². The Bertz CT molecular complexity index is 851. The second-order valence-electron chi connectivity index (χ2n) is 5.15. The van der Waals surface area contributed by atoms with Crippen LogP contribution in [-0.2, 0) is 17.8 Å². The highest BCUT2D eigenvalue weighted by Crippen LogP contribution is 2.31. The second-order valence-corrected chi connectivity index (χ2v) is 5.15. The fourth-order valence-electron chi connectivity index (χ4n) is 2.67. The van der Waals surface area contributed by atoms with E-state index in [1.54, 1.807) is 30.5 Å². The van der Waals surface area contributed by atoms with Gasteiger partial charge in [0, 0.05) is 17.1 Å². The molecule has 0 spiro atoms. The van der Waals surface area contributed by atoms with E-state index in [1.807, 2.05) is 16.7 Å². The van der Waals surface area contributed by atoms with E-state index < -0.39 is 5.97 Å². The highest BCUT2D eigenvalue weighted by atomic mass is 16.4. The standard InChI is InChI=1S/C17H15NO4/c19-14-6-2-1-4-11(14)9-18-10-12(8-16(21)22)17-13(18)5-3-7-15(17)20/h1-7,10,19-20H,8-9H2,(H,21,22).